The molecule has 0 radical (unpaired) electrons. The molecule has 0 amide bonds. The van der Waals surface area contributed by atoms with E-state index in [-0.39, 0.29) is 0 Å². The molecule has 0 saturated heterocycles. The van der Waals surface area contributed by atoms with Crippen LogP contribution in [0.1, 0.15) is 22.3 Å². The van der Waals surface area contributed by atoms with E-state index in [4.69, 9.17) is 0 Å². The van der Waals surface area contributed by atoms with Crippen LogP contribution in [0.4, 0.5) is 0 Å². The molecular formula is C28H22S. The van der Waals surface area contributed by atoms with E-state index in [0.717, 1.165) is 0 Å². The van der Waals surface area contributed by atoms with Crippen LogP contribution in [0.25, 0.3) is 22.0 Å². The van der Waals surface area contributed by atoms with Crippen molar-refractivity contribution in [1.82, 2.24) is 0 Å². The molecule has 4 aromatic rings. The standard InChI is InChI=1S/C28H22S/c1-5-13-23(14-6-1)21-27(25-17-9-3-10-18-25)29-28(26-19-11-4-12-20-26)22-24-15-7-2-8-16-24/h1-22H. The zero-order chi connectivity index (χ0) is 19.7. The summed E-state index contributed by atoms with van der Waals surface area (Å²) in [6.07, 6.45) is 4.53. The Morgan fingerprint density at radius 2 is 0.724 bits per heavy atom. The van der Waals surface area contributed by atoms with Gasteiger partial charge in [-0.1, -0.05) is 133 Å². The van der Waals surface area contributed by atoms with Crippen molar-refractivity contribution in [3.8, 4) is 0 Å². The number of thioether (sulfide) groups is 1. The molecule has 4 rings (SSSR count). The Kier molecular flexibility index (Phi) is 6.42. The third-order valence-corrected chi connectivity index (χ3v) is 5.68. The van der Waals surface area contributed by atoms with E-state index in [2.05, 4.69) is 133 Å². The summed E-state index contributed by atoms with van der Waals surface area (Å²) in [5.41, 5.74) is 4.84. The van der Waals surface area contributed by atoms with E-state index in [9.17, 15) is 0 Å². The molecule has 0 aliphatic heterocycles. The Bertz CT molecular complexity index is 989. The quantitative estimate of drug-likeness (QED) is 0.300. The van der Waals surface area contributed by atoms with Gasteiger partial charge in [-0.25, -0.2) is 0 Å². The van der Waals surface area contributed by atoms with Gasteiger partial charge in [0.05, 0.1) is 0 Å². The van der Waals surface area contributed by atoms with Gasteiger partial charge < -0.3 is 0 Å². The molecule has 0 atom stereocenters. The molecule has 4 aromatic carbocycles. The van der Waals surface area contributed by atoms with E-state index < -0.39 is 0 Å². The number of rotatable bonds is 6. The molecule has 0 spiro atoms. The summed E-state index contributed by atoms with van der Waals surface area (Å²) in [6, 6.07) is 42.2. The first-order chi connectivity index (χ1) is 14.4. The molecule has 0 nitrogen and oxygen atoms in total. The highest BCUT2D eigenvalue weighted by Crippen LogP contribution is 2.41. The summed E-state index contributed by atoms with van der Waals surface area (Å²) < 4.78 is 0. The van der Waals surface area contributed by atoms with Crippen molar-refractivity contribution in [1.29, 1.82) is 0 Å². The predicted octanol–water partition coefficient (Wildman–Crippen LogP) is 8.12. The molecular weight excluding hydrogens is 368 g/mol. The van der Waals surface area contributed by atoms with Gasteiger partial charge in [-0.05, 0) is 34.4 Å². The Morgan fingerprint density at radius 1 is 0.414 bits per heavy atom. The molecule has 0 unspecified atom stereocenters. The highest BCUT2D eigenvalue weighted by molar-refractivity contribution is 8.16. The Balaban J connectivity index is 1.78. The zero-order valence-electron chi connectivity index (χ0n) is 16.1. The lowest BCUT2D eigenvalue weighted by atomic mass is 10.1. The fourth-order valence-electron chi connectivity index (χ4n) is 3.07. The second kappa shape index (κ2) is 9.77. The van der Waals surface area contributed by atoms with Crippen LogP contribution >= 0.6 is 11.8 Å². The monoisotopic (exact) mass is 390 g/mol. The number of hydrogen-bond donors (Lipinski definition) is 0. The highest BCUT2D eigenvalue weighted by atomic mass is 32.2. The van der Waals surface area contributed by atoms with Crippen LogP contribution in [0, 0.1) is 0 Å². The molecule has 1 heteroatoms. The van der Waals surface area contributed by atoms with Gasteiger partial charge >= 0.3 is 0 Å². The van der Waals surface area contributed by atoms with Gasteiger partial charge in [0.25, 0.3) is 0 Å². The van der Waals surface area contributed by atoms with Crippen molar-refractivity contribution in [3.05, 3.63) is 144 Å². The summed E-state index contributed by atoms with van der Waals surface area (Å²) >= 11 is 1.81. The molecule has 0 saturated carbocycles. The van der Waals surface area contributed by atoms with Crippen molar-refractivity contribution in [3.63, 3.8) is 0 Å². The summed E-state index contributed by atoms with van der Waals surface area (Å²) in [4.78, 5) is 2.45. The van der Waals surface area contributed by atoms with Gasteiger partial charge in [-0.3, -0.25) is 0 Å². The third-order valence-electron chi connectivity index (χ3n) is 4.53. The lowest BCUT2D eigenvalue weighted by molar-refractivity contribution is 1.63. The highest BCUT2D eigenvalue weighted by Gasteiger charge is 2.09. The second-order valence-corrected chi connectivity index (χ2v) is 7.76. The molecule has 0 aromatic heterocycles. The van der Waals surface area contributed by atoms with Gasteiger partial charge in [0.1, 0.15) is 0 Å². The van der Waals surface area contributed by atoms with E-state index in [1.807, 2.05) is 11.8 Å². The molecule has 0 aliphatic rings. The topological polar surface area (TPSA) is 0 Å². The fraction of sp³-hybridized carbons (Fsp3) is 0. The van der Waals surface area contributed by atoms with Crippen molar-refractivity contribution in [2.75, 3.05) is 0 Å². The van der Waals surface area contributed by atoms with Crippen LogP contribution in [0.15, 0.2) is 121 Å². The van der Waals surface area contributed by atoms with Gasteiger partial charge in [0, 0.05) is 9.81 Å². The van der Waals surface area contributed by atoms with Crippen molar-refractivity contribution < 1.29 is 0 Å². The average molecular weight is 391 g/mol. The van der Waals surface area contributed by atoms with Crippen LogP contribution in [-0.4, -0.2) is 0 Å². The molecule has 29 heavy (non-hydrogen) atoms. The van der Waals surface area contributed by atoms with Crippen LogP contribution in [0.2, 0.25) is 0 Å². The first kappa shape index (κ1) is 19.0. The van der Waals surface area contributed by atoms with Crippen LogP contribution in [0.3, 0.4) is 0 Å². The SMILES string of the molecule is C(=C(SC(=Cc1ccccc1)c1ccccc1)c1ccccc1)c1ccccc1. The smallest absolute Gasteiger partial charge is 0.0200 e. The Labute approximate surface area is 177 Å². The summed E-state index contributed by atoms with van der Waals surface area (Å²) in [5, 5.41) is 0. The lowest BCUT2D eigenvalue weighted by Gasteiger charge is -2.12. The minimum atomic E-state index is 1.20. The third kappa shape index (κ3) is 5.37. The molecule has 0 aliphatic carbocycles. The van der Waals surface area contributed by atoms with Crippen LogP contribution in [0.5, 0.6) is 0 Å². The fourth-order valence-corrected chi connectivity index (χ4v) is 4.20. The maximum Gasteiger partial charge on any atom is 0.0200 e. The van der Waals surface area contributed by atoms with Gasteiger partial charge in [-0.2, -0.15) is 0 Å². The van der Waals surface area contributed by atoms with Crippen LogP contribution in [-0.2, 0) is 0 Å². The normalized spacial score (nSPS) is 12.0. The van der Waals surface area contributed by atoms with Crippen molar-refractivity contribution in [2.24, 2.45) is 0 Å². The molecule has 140 valence electrons. The Hall–Kier alpha value is -3.29. The minimum Gasteiger partial charge on any atom is -0.0888 e. The van der Waals surface area contributed by atoms with E-state index >= 15 is 0 Å². The molecule has 0 bridgehead atoms. The largest absolute Gasteiger partial charge is 0.0888 e. The number of hydrogen-bond acceptors (Lipinski definition) is 1. The van der Waals surface area contributed by atoms with E-state index in [0.29, 0.717) is 0 Å². The predicted molar refractivity (Wildman–Crippen MR) is 129 cm³/mol. The molecule has 0 heterocycles. The van der Waals surface area contributed by atoms with Gasteiger partial charge in [-0.15, -0.1) is 0 Å². The molecule has 0 N–H and O–H groups in total. The van der Waals surface area contributed by atoms with Crippen molar-refractivity contribution in [2.45, 2.75) is 0 Å². The number of benzene rings is 4. The van der Waals surface area contributed by atoms with Gasteiger partial charge in [0.15, 0.2) is 0 Å². The summed E-state index contributed by atoms with van der Waals surface area (Å²) in [6.45, 7) is 0. The van der Waals surface area contributed by atoms with Gasteiger partial charge in [0.2, 0.25) is 0 Å². The van der Waals surface area contributed by atoms with Crippen molar-refractivity contribution >= 4 is 33.7 Å². The lowest BCUT2D eigenvalue weighted by Crippen LogP contribution is -1.85. The first-order valence-corrected chi connectivity index (χ1v) is 10.5. The minimum absolute atomic E-state index is 1.20. The van der Waals surface area contributed by atoms with Crippen LogP contribution < -0.4 is 0 Å². The average Bonchev–Trinajstić information content (AvgIpc) is 2.81. The first-order valence-electron chi connectivity index (χ1n) is 9.71. The Morgan fingerprint density at radius 3 is 1.07 bits per heavy atom. The second-order valence-electron chi connectivity index (χ2n) is 6.67. The summed E-state index contributed by atoms with van der Waals surface area (Å²) in [5.74, 6) is 0. The maximum atomic E-state index is 2.27. The molecule has 0 fully saturated rings. The zero-order valence-corrected chi connectivity index (χ0v) is 16.9. The van der Waals surface area contributed by atoms with E-state index in [1.54, 1.807) is 0 Å². The van der Waals surface area contributed by atoms with E-state index in [1.165, 1.54) is 32.1 Å². The maximum absolute atomic E-state index is 2.27. The summed E-state index contributed by atoms with van der Waals surface area (Å²) in [7, 11) is 0.